The molecule has 10 rings (SSSR count). The molecule has 0 aromatic heterocycles. The van der Waals surface area contributed by atoms with Gasteiger partial charge in [-0.1, -0.05) is 0 Å². The summed E-state index contributed by atoms with van der Waals surface area (Å²) < 4.78 is 120. The summed E-state index contributed by atoms with van der Waals surface area (Å²) in [6.07, 6.45) is -96.1. The van der Waals surface area contributed by atoms with E-state index >= 15 is 0 Å². The fourth-order valence-electron chi connectivity index (χ4n) is 16.1. The highest BCUT2D eigenvalue weighted by Crippen LogP contribution is 2.42. The first-order chi connectivity index (χ1) is 58.7. The third kappa shape index (κ3) is 22.5. The summed E-state index contributed by atoms with van der Waals surface area (Å²) in [6, 6.07) is -7.03. The molecule has 4 amide bonds. The minimum Gasteiger partial charge on any atom is -0.394 e. The maximum absolute atomic E-state index is 13.7. The summed E-state index contributed by atoms with van der Waals surface area (Å²) in [5.74, 6) is -2.96. The molecule has 10 aliphatic rings. The summed E-state index contributed by atoms with van der Waals surface area (Å²) in [6.45, 7) is -2.84. The molecule has 10 aliphatic heterocycles. The normalized spacial score (nSPS) is 49.4. The van der Waals surface area contributed by atoms with Crippen molar-refractivity contribution in [2.45, 2.75) is 354 Å². The number of aliphatic hydroxyl groups excluding tert-OH is 26. The summed E-state index contributed by atoms with van der Waals surface area (Å²) in [5, 5.41) is 302. The maximum Gasteiger partial charge on any atom is 0.217 e. The highest BCUT2D eigenvalue weighted by atomic mass is 16.8. The van der Waals surface area contributed by atoms with Crippen LogP contribution in [0.4, 0.5) is 0 Å². The highest BCUT2D eigenvalue weighted by molar-refractivity contribution is 5.74. The third-order valence-electron chi connectivity index (χ3n) is 22.9. The zero-order valence-electron chi connectivity index (χ0n) is 67.3. The molecule has 0 radical (unpaired) electrons. The Kier molecular flexibility index (Phi) is 37.1. The fourth-order valence-corrected chi connectivity index (χ4v) is 16.1. The van der Waals surface area contributed by atoms with Crippen molar-refractivity contribution < 1.29 is 247 Å². The monoisotopic (exact) mass is 1810 g/mol. The van der Waals surface area contributed by atoms with Crippen molar-refractivity contribution in [1.82, 2.24) is 21.3 Å². The maximum atomic E-state index is 13.7. The smallest absolute Gasteiger partial charge is 0.217 e. The lowest BCUT2D eigenvalue weighted by Crippen LogP contribution is -2.72. The van der Waals surface area contributed by atoms with Crippen LogP contribution in [0.2, 0.25) is 0 Å². The van der Waals surface area contributed by atoms with Gasteiger partial charge in [0, 0.05) is 20.8 Å². The van der Waals surface area contributed by atoms with Gasteiger partial charge in [-0.2, -0.15) is 0 Å². The van der Waals surface area contributed by atoms with E-state index in [-0.39, 0.29) is 6.41 Å². The van der Waals surface area contributed by atoms with E-state index in [2.05, 4.69) is 21.3 Å². The average molecular weight is 1820 g/mol. The first kappa shape index (κ1) is 102. The zero-order chi connectivity index (χ0) is 91.2. The van der Waals surface area contributed by atoms with Crippen LogP contribution >= 0.6 is 0 Å². The van der Waals surface area contributed by atoms with Crippen molar-refractivity contribution in [2.75, 3.05) is 59.5 Å². The number of amides is 4. The Morgan fingerprint density at radius 3 is 0.823 bits per heavy atom. The van der Waals surface area contributed by atoms with E-state index < -0.39 is 390 Å². The summed E-state index contributed by atoms with van der Waals surface area (Å²) in [5.41, 5.74) is 0. The summed E-state index contributed by atoms with van der Waals surface area (Å²) in [4.78, 5) is 51.3. The van der Waals surface area contributed by atoms with Crippen LogP contribution in [-0.2, 0) is 114 Å². The van der Waals surface area contributed by atoms with Crippen LogP contribution in [-0.4, -0.2) is 529 Å². The molecule has 124 heavy (non-hydrogen) atoms. The van der Waals surface area contributed by atoms with Crippen LogP contribution < -0.4 is 21.3 Å². The number of hydrogen-bond acceptors (Lipinski definition) is 50. The van der Waals surface area contributed by atoms with Crippen molar-refractivity contribution in [2.24, 2.45) is 0 Å². The van der Waals surface area contributed by atoms with E-state index in [0.29, 0.717) is 0 Å². The number of nitrogens with one attached hydrogen (secondary N) is 4. The number of rotatable bonds is 34. The van der Waals surface area contributed by atoms with Crippen LogP contribution in [0.5, 0.6) is 0 Å². The predicted molar refractivity (Wildman–Crippen MR) is 384 cm³/mol. The molecule has 0 aliphatic carbocycles. The quantitative estimate of drug-likeness (QED) is 0.0266. The van der Waals surface area contributed by atoms with E-state index in [9.17, 15) is 152 Å². The molecule has 0 bridgehead atoms. The van der Waals surface area contributed by atoms with Crippen LogP contribution in [0, 0.1) is 0 Å². The fraction of sp³-hybridized carbons (Fsp3) is 0.943. The van der Waals surface area contributed by atoms with E-state index in [1.165, 1.54) is 20.8 Å². The minimum atomic E-state index is -2.55. The van der Waals surface area contributed by atoms with E-state index in [1.54, 1.807) is 0 Å². The van der Waals surface area contributed by atoms with Gasteiger partial charge in [0.05, 0.1) is 83.8 Å². The SMILES string of the molecule is CC(=O)N[C@H]1[C@H](O[C@H]2[C@@H](O)[C@@H](CO)O[C@@H](O[C@H]3[C@H](O)[C@@H](O)[C@H](OC[C@@H](CO)NC=O)O[C@@H]3CO)[C@@H]2O)O[C@H](CO)[C@@H](O[C@@H]2O[C@H](CO)[C@H](O)[C@H](O[C@@H]3O[C@H](CO)[C@@H](O[C@@H]4O[C@H](CO)[C@H](O)[C@H](O[C@@H]5O[C@H](CO)[C@@H](O)[C@H](O[C@@H]6O[C@@H](C)[C@@H](O)[C@@H](O)[C@@H]6O)[C@H]5NC(C)=O)[C@H]4O)[C@H](O[C@@H]4O[C@@H](C)[C@@H](O)[C@@H](O)[C@@H]4O)[C@H]3NC(C)=O)[C@H]2O)[C@@H]1O[C@@H]1O[C@@H](C)[C@@H](O)[C@@H](O)[C@@H]1O. The largest absolute Gasteiger partial charge is 0.394 e. The van der Waals surface area contributed by atoms with Crippen molar-refractivity contribution in [1.29, 1.82) is 0 Å². The zero-order valence-corrected chi connectivity index (χ0v) is 67.3. The van der Waals surface area contributed by atoms with Gasteiger partial charge in [0.1, 0.15) is 226 Å². The predicted octanol–water partition coefficient (Wildman–Crippen LogP) is -20.2. The Labute approximate surface area is 704 Å². The Morgan fingerprint density at radius 2 is 0.516 bits per heavy atom. The average Bonchev–Trinajstić information content (AvgIpc) is 0.730. The Hall–Kier alpha value is -3.96. The molecule has 10 fully saturated rings. The lowest BCUT2D eigenvalue weighted by atomic mass is 9.93. The van der Waals surface area contributed by atoms with Crippen LogP contribution in [0.25, 0.3) is 0 Å². The molecule has 10 heterocycles. The third-order valence-corrected chi connectivity index (χ3v) is 22.9. The molecule has 54 nitrogen and oxygen atoms in total. The van der Waals surface area contributed by atoms with Gasteiger partial charge >= 0.3 is 0 Å². The summed E-state index contributed by atoms with van der Waals surface area (Å²) in [7, 11) is 0. The number of hydrogen-bond donors (Lipinski definition) is 30. The van der Waals surface area contributed by atoms with Crippen molar-refractivity contribution in [3.63, 3.8) is 0 Å². The van der Waals surface area contributed by atoms with Crippen LogP contribution in [0.3, 0.4) is 0 Å². The second kappa shape index (κ2) is 45.0. The molecule has 0 unspecified atom stereocenters. The molecule has 718 valence electrons. The lowest BCUT2D eigenvalue weighted by molar-refractivity contribution is -0.402. The Morgan fingerprint density at radius 1 is 0.274 bits per heavy atom. The molecule has 0 spiro atoms. The Balaban J connectivity index is 0.961. The molecule has 0 aromatic carbocycles. The molecule has 0 saturated carbocycles. The number of carbonyl (C=O) groups is 4. The van der Waals surface area contributed by atoms with E-state index in [0.717, 1.165) is 20.8 Å². The van der Waals surface area contributed by atoms with Gasteiger partial charge in [0.15, 0.2) is 62.9 Å². The Bertz CT molecular complexity index is 3310. The van der Waals surface area contributed by atoms with Crippen molar-refractivity contribution in [3.05, 3.63) is 0 Å². The van der Waals surface area contributed by atoms with Crippen LogP contribution in [0.1, 0.15) is 41.5 Å². The van der Waals surface area contributed by atoms with Gasteiger partial charge in [0.25, 0.3) is 0 Å². The van der Waals surface area contributed by atoms with Gasteiger partial charge in [-0.15, -0.1) is 0 Å². The number of aliphatic hydroxyl groups is 26. The highest BCUT2D eigenvalue weighted by Gasteiger charge is 2.63. The first-order valence-electron chi connectivity index (χ1n) is 39.9. The van der Waals surface area contributed by atoms with E-state index in [4.69, 9.17) is 94.7 Å². The molecule has 51 atom stereocenters. The second-order valence-corrected chi connectivity index (χ2v) is 31.6. The minimum absolute atomic E-state index is 0.242. The topological polar surface area (TPSA) is 827 Å². The summed E-state index contributed by atoms with van der Waals surface area (Å²) >= 11 is 0. The van der Waals surface area contributed by atoms with Gasteiger partial charge in [-0.25, -0.2) is 0 Å². The molecule has 30 N–H and O–H groups in total. The van der Waals surface area contributed by atoms with Gasteiger partial charge in [0.2, 0.25) is 24.1 Å². The van der Waals surface area contributed by atoms with Gasteiger partial charge < -0.3 is 249 Å². The van der Waals surface area contributed by atoms with E-state index in [1.807, 2.05) is 0 Å². The van der Waals surface area contributed by atoms with Crippen molar-refractivity contribution in [3.8, 4) is 0 Å². The molecular weight excluding hydrogens is 1700 g/mol. The molecular formula is C70H118N4O50. The van der Waals surface area contributed by atoms with Crippen LogP contribution in [0.15, 0.2) is 0 Å². The van der Waals surface area contributed by atoms with Gasteiger partial charge in [-0.3, -0.25) is 19.2 Å². The van der Waals surface area contributed by atoms with Crippen molar-refractivity contribution >= 4 is 24.1 Å². The molecule has 54 heteroatoms. The second-order valence-electron chi connectivity index (χ2n) is 31.6. The lowest BCUT2D eigenvalue weighted by Gasteiger charge is -2.53. The molecule has 10 saturated heterocycles. The number of carbonyl (C=O) groups excluding carboxylic acids is 4. The number of ether oxygens (including phenoxy) is 20. The van der Waals surface area contributed by atoms with Gasteiger partial charge in [-0.05, 0) is 20.8 Å². The first-order valence-corrected chi connectivity index (χ1v) is 39.9. The standard InChI is InChI=1S/C70H118N4O50/c1-17-34(87)41(94)45(98)65(106-17)119-55-31(72-20(4)84)61(109-24(8-76)37(55)90)122-59-39(92)26(10-78)111-69(50(59)103)117-53-30(14-82)114-63(33(74-22(6)86)57(53)121-67-47(100)43(96)36(89)19(3)108-67)124-60-40(93)27(11-79)112-70(51(60)104)118-54-29(13-81)113-62(32(73-21(5)85)56(54)120-66-46(99)42(95)35(88)18(2)107-66)123-58-38(91)25(9-77)110-68(49(58)102)116-52-28(12-80)115-64(48(101)44(52)97)105-15-23(7-75)71-16-83/h16-19,23-70,75-82,87-104H,7-15H2,1-6H3,(H,71,83)(H,72,84)(H,73,85)(H,74,86)/t17-,18-,19-,23+,24+,25+,26+,27+,28+,29+,30+,31+,32+,33+,34+,35+,36+,37+,38-,39-,40-,41+,42+,43+,44+,45-,46-,47-,48+,49+,50+,51+,52+,53+,54+,55+,56+,57+,58-,59-,60-,61-,62-,63-,64+,65-,66-,67-,68-,69-,70-/m0/s1. The molecule has 0 aromatic rings.